The number of nitro groups is 1. The summed E-state index contributed by atoms with van der Waals surface area (Å²) in [6.07, 6.45) is 0.797. The number of hydroxylamine groups is 2. The first-order chi connectivity index (χ1) is 15.0. The Labute approximate surface area is 183 Å². The molecular formula is C18H23N3O10S. The summed E-state index contributed by atoms with van der Waals surface area (Å²) < 4.78 is 31.0. The molecule has 1 fully saturated rings. The molecule has 3 N–H and O–H groups in total. The van der Waals surface area contributed by atoms with Crippen LogP contribution in [0.2, 0.25) is 0 Å². The zero-order valence-electron chi connectivity index (χ0n) is 16.9. The van der Waals surface area contributed by atoms with Crippen molar-refractivity contribution in [3.8, 4) is 0 Å². The van der Waals surface area contributed by atoms with E-state index in [1.807, 2.05) is 0 Å². The van der Waals surface area contributed by atoms with E-state index in [4.69, 9.17) is 4.55 Å². The number of hydrogen-bond acceptors (Lipinski definition) is 10. The predicted octanol–water partition coefficient (Wildman–Crippen LogP) is 0.211. The van der Waals surface area contributed by atoms with Gasteiger partial charge in [0.15, 0.2) is 5.25 Å². The van der Waals surface area contributed by atoms with Crippen molar-refractivity contribution < 1.29 is 42.2 Å². The molecule has 2 rings (SSSR count). The van der Waals surface area contributed by atoms with Crippen LogP contribution in [0.5, 0.6) is 0 Å². The number of amides is 2. The number of carbonyl (C=O) groups is 3. The molecule has 1 aliphatic heterocycles. The number of nitro benzene ring substituents is 1. The molecule has 1 atom stereocenters. The van der Waals surface area contributed by atoms with Crippen molar-refractivity contribution in [1.29, 1.82) is 0 Å². The van der Waals surface area contributed by atoms with Crippen molar-refractivity contribution in [1.82, 2.24) is 10.4 Å². The van der Waals surface area contributed by atoms with Gasteiger partial charge in [-0.2, -0.15) is 8.42 Å². The van der Waals surface area contributed by atoms with E-state index in [2.05, 4.69) is 10.2 Å². The summed E-state index contributed by atoms with van der Waals surface area (Å²) in [6.45, 7) is 0.576. The second-order valence-corrected chi connectivity index (χ2v) is 8.66. The standard InChI is InChI=1S/C18H23N3O10S/c22-11-13-8-12(5-6-14(13)21(26)27)10-19-7-3-1-2-4-17(24)31-20-16(23)9-15(18(20)25)32(28,29)30/h5-6,8,15,19,22H,1-4,7,9-11H2,(H,28,29,30). The van der Waals surface area contributed by atoms with Gasteiger partial charge in [0.25, 0.3) is 27.6 Å². The SMILES string of the molecule is O=C(CCCCCNCc1ccc([N+](=O)[O-])c(CO)c1)ON1C(=O)CC(S(=O)(=O)O)C1=O. The van der Waals surface area contributed by atoms with Gasteiger partial charge in [0, 0.05) is 19.0 Å². The Morgan fingerprint density at radius 1 is 1.28 bits per heavy atom. The van der Waals surface area contributed by atoms with E-state index in [0.29, 0.717) is 32.4 Å². The number of nitrogens with zero attached hydrogens (tertiary/aromatic N) is 2. The Morgan fingerprint density at radius 3 is 2.59 bits per heavy atom. The Kier molecular flexibility index (Phi) is 8.77. The lowest BCUT2D eigenvalue weighted by atomic mass is 10.1. The summed E-state index contributed by atoms with van der Waals surface area (Å²) in [5.74, 6) is -3.20. The first kappa shape index (κ1) is 25.3. The van der Waals surface area contributed by atoms with Crippen LogP contribution in [0, 0.1) is 10.1 Å². The highest BCUT2D eigenvalue weighted by atomic mass is 32.2. The molecule has 2 amide bonds. The molecule has 1 saturated heterocycles. The molecule has 1 aromatic rings. The number of nitrogens with one attached hydrogen (secondary N) is 1. The minimum atomic E-state index is -4.77. The maximum atomic E-state index is 11.8. The molecule has 0 spiro atoms. The number of unbranched alkanes of at least 4 members (excludes halogenated alkanes) is 2. The molecule has 0 aromatic heterocycles. The van der Waals surface area contributed by atoms with Gasteiger partial charge in [-0.25, -0.2) is 4.79 Å². The molecule has 176 valence electrons. The van der Waals surface area contributed by atoms with Crippen molar-refractivity contribution in [3.05, 3.63) is 39.4 Å². The van der Waals surface area contributed by atoms with Gasteiger partial charge < -0.3 is 15.3 Å². The lowest BCUT2D eigenvalue weighted by molar-refractivity contribution is -0.385. The van der Waals surface area contributed by atoms with Crippen LogP contribution in [0.1, 0.15) is 43.2 Å². The first-order valence-corrected chi connectivity index (χ1v) is 11.2. The van der Waals surface area contributed by atoms with Crippen molar-refractivity contribution >= 4 is 33.6 Å². The first-order valence-electron chi connectivity index (χ1n) is 9.66. The predicted molar refractivity (Wildman–Crippen MR) is 107 cm³/mol. The highest BCUT2D eigenvalue weighted by molar-refractivity contribution is 7.87. The Morgan fingerprint density at radius 2 is 2.00 bits per heavy atom. The van der Waals surface area contributed by atoms with Crippen LogP contribution in [0.4, 0.5) is 5.69 Å². The van der Waals surface area contributed by atoms with E-state index in [0.717, 1.165) is 5.56 Å². The molecule has 1 aliphatic rings. The average molecular weight is 473 g/mol. The summed E-state index contributed by atoms with van der Waals surface area (Å²) in [7, 11) is -4.77. The smallest absolute Gasteiger partial charge is 0.333 e. The highest BCUT2D eigenvalue weighted by Gasteiger charge is 2.48. The molecule has 0 bridgehead atoms. The number of rotatable bonds is 12. The van der Waals surface area contributed by atoms with Crippen LogP contribution < -0.4 is 5.32 Å². The van der Waals surface area contributed by atoms with Crippen LogP contribution in [0.25, 0.3) is 0 Å². The van der Waals surface area contributed by atoms with Gasteiger partial charge in [-0.3, -0.25) is 24.3 Å². The van der Waals surface area contributed by atoms with E-state index >= 15 is 0 Å². The summed E-state index contributed by atoms with van der Waals surface area (Å²) in [6, 6.07) is 4.48. The molecule has 13 nitrogen and oxygen atoms in total. The van der Waals surface area contributed by atoms with Crippen LogP contribution in [0.15, 0.2) is 18.2 Å². The second kappa shape index (κ2) is 11.1. The van der Waals surface area contributed by atoms with E-state index in [9.17, 15) is 38.0 Å². The quantitative estimate of drug-likeness (QED) is 0.123. The lowest BCUT2D eigenvalue weighted by Gasteiger charge is -2.13. The third-order valence-electron chi connectivity index (χ3n) is 4.69. The molecule has 1 heterocycles. The lowest BCUT2D eigenvalue weighted by Crippen LogP contribution is -2.36. The molecular weight excluding hydrogens is 450 g/mol. The maximum absolute atomic E-state index is 11.8. The van der Waals surface area contributed by atoms with Crippen molar-refractivity contribution in [2.45, 2.75) is 50.5 Å². The molecule has 14 heteroatoms. The number of imide groups is 1. The summed E-state index contributed by atoms with van der Waals surface area (Å²) in [5, 5.41) is 21.3. The highest BCUT2D eigenvalue weighted by Crippen LogP contribution is 2.21. The maximum Gasteiger partial charge on any atom is 0.333 e. The second-order valence-electron chi connectivity index (χ2n) is 7.06. The molecule has 0 aliphatic carbocycles. The monoisotopic (exact) mass is 473 g/mol. The van der Waals surface area contributed by atoms with Gasteiger partial charge in [0.1, 0.15) is 0 Å². The summed E-state index contributed by atoms with van der Waals surface area (Å²) in [5.41, 5.74) is 0.853. The zero-order valence-corrected chi connectivity index (χ0v) is 17.7. The van der Waals surface area contributed by atoms with Gasteiger partial charge in [-0.1, -0.05) is 12.5 Å². The van der Waals surface area contributed by atoms with E-state index in [1.54, 1.807) is 12.1 Å². The third-order valence-corrected chi connectivity index (χ3v) is 5.78. The topological polar surface area (TPSA) is 193 Å². The molecule has 0 radical (unpaired) electrons. The number of carbonyl (C=O) groups excluding carboxylic acids is 3. The van der Waals surface area contributed by atoms with Crippen LogP contribution in [0.3, 0.4) is 0 Å². The molecule has 0 saturated carbocycles. The molecule has 32 heavy (non-hydrogen) atoms. The van der Waals surface area contributed by atoms with Gasteiger partial charge in [-0.15, -0.1) is 5.06 Å². The van der Waals surface area contributed by atoms with Gasteiger partial charge >= 0.3 is 5.97 Å². The molecule has 1 unspecified atom stereocenters. The van der Waals surface area contributed by atoms with Crippen LogP contribution in [-0.2, 0) is 42.5 Å². The van der Waals surface area contributed by atoms with E-state index < -0.39 is 51.1 Å². The van der Waals surface area contributed by atoms with Crippen molar-refractivity contribution in [3.63, 3.8) is 0 Å². The van der Waals surface area contributed by atoms with Crippen LogP contribution >= 0.6 is 0 Å². The Balaban J connectivity index is 1.65. The van der Waals surface area contributed by atoms with Crippen molar-refractivity contribution in [2.75, 3.05) is 6.54 Å². The van der Waals surface area contributed by atoms with Gasteiger partial charge in [-0.05, 0) is 31.0 Å². The van der Waals surface area contributed by atoms with Gasteiger partial charge in [0.05, 0.1) is 23.5 Å². The minimum Gasteiger partial charge on any atom is -0.391 e. The van der Waals surface area contributed by atoms with Crippen molar-refractivity contribution in [2.24, 2.45) is 0 Å². The molecule has 1 aromatic carbocycles. The van der Waals surface area contributed by atoms with Gasteiger partial charge in [0.2, 0.25) is 0 Å². The number of hydrogen-bond donors (Lipinski definition) is 3. The summed E-state index contributed by atoms with van der Waals surface area (Å²) in [4.78, 5) is 50.1. The fraction of sp³-hybridized carbons (Fsp3) is 0.500. The fourth-order valence-corrected chi connectivity index (χ4v) is 3.74. The number of aliphatic hydroxyl groups excluding tert-OH is 1. The van der Waals surface area contributed by atoms with E-state index in [-0.39, 0.29) is 22.7 Å². The van der Waals surface area contributed by atoms with Crippen LogP contribution in [-0.4, -0.2) is 57.6 Å². The van der Waals surface area contributed by atoms with E-state index in [1.165, 1.54) is 6.07 Å². The normalized spacial score (nSPS) is 16.4. The number of aliphatic hydroxyl groups is 1. The zero-order chi connectivity index (χ0) is 23.9. The Hall–Kier alpha value is -2.94. The fourth-order valence-electron chi connectivity index (χ4n) is 3.04. The average Bonchev–Trinajstić information content (AvgIpc) is 3.01. The summed E-state index contributed by atoms with van der Waals surface area (Å²) >= 11 is 0. The minimum absolute atomic E-state index is 0.0766. The largest absolute Gasteiger partial charge is 0.391 e. The Bertz CT molecular complexity index is 995. The third kappa shape index (κ3) is 6.78. The number of benzene rings is 1.